The Kier molecular flexibility index (Phi) is 5.53. The van der Waals surface area contributed by atoms with E-state index >= 15 is 0 Å². The monoisotopic (exact) mass is 470 g/mol. The summed E-state index contributed by atoms with van der Waals surface area (Å²) in [6.07, 6.45) is 3.23. The predicted octanol–water partition coefficient (Wildman–Crippen LogP) is 3.02. The van der Waals surface area contributed by atoms with Crippen LogP contribution in [0.5, 0.6) is 0 Å². The molecule has 0 atom stereocenters. The second kappa shape index (κ2) is 8.41. The van der Waals surface area contributed by atoms with Crippen LogP contribution in [-0.2, 0) is 11.4 Å². The average molecular weight is 471 g/mol. The van der Waals surface area contributed by atoms with Crippen LogP contribution in [-0.4, -0.2) is 44.9 Å². The number of halogens is 1. The number of rotatable bonds is 5. The Bertz CT molecular complexity index is 1170. The molecule has 1 N–H and O–H groups in total. The number of nitrogens with zero attached hydrogens (tertiary/aromatic N) is 5. The minimum atomic E-state index is -0.866. The summed E-state index contributed by atoms with van der Waals surface area (Å²) < 4.78 is 0.717. The first-order chi connectivity index (χ1) is 14.5. The molecular weight excluding hydrogens is 456 g/mol. The Labute approximate surface area is 178 Å². The molecule has 0 radical (unpaired) electrons. The summed E-state index contributed by atoms with van der Waals surface area (Å²) in [7, 11) is 0. The maximum Gasteiger partial charge on any atom is 0.294 e. The highest BCUT2D eigenvalue weighted by Crippen LogP contribution is 2.29. The number of fused-ring (bicyclic) bond motifs is 1. The van der Waals surface area contributed by atoms with Crippen molar-refractivity contribution in [3.63, 3.8) is 0 Å². The number of anilines is 1. The van der Waals surface area contributed by atoms with E-state index in [-0.39, 0.29) is 12.5 Å². The summed E-state index contributed by atoms with van der Waals surface area (Å²) >= 11 is 3.54. The SMILES string of the molecule is O=C(c1cccc(CO[N+](=O)[O-])c1)N1CCN=C1Nc1ccc2nccnc2c1Br. The van der Waals surface area contributed by atoms with Crippen molar-refractivity contribution in [2.24, 2.45) is 4.99 Å². The van der Waals surface area contributed by atoms with E-state index in [2.05, 4.69) is 41.0 Å². The van der Waals surface area contributed by atoms with Crippen LogP contribution in [0.1, 0.15) is 15.9 Å². The first-order valence-electron chi connectivity index (χ1n) is 8.92. The van der Waals surface area contributed by atoms with E-state index in [9.17, 15) is 14.9 Å². The van der Waals surface area contributed by atoms with Crippen molar-refractivity contribution >= 4 is 44.5 Å². The molecule has 30 heavy (non-hydrogen) atoms. The highest BCUT2D eigenvalue weighted by molar-refractivity contribution is 9.10. The summed E-state index contributed by atoms with van der Waals surface area (Å²) in [4.78, 5) is 42.3. The van der Waals surface area contributed by atoms with E-state index in [0.717, 1.165) is 5.52 Å². The van der Waals surface area contributed by atoms with Crippen LogP contribution in [0.4, 0.5) is 5.69 Å². The lowest BCUT2D eigenvalue weighted by Gasteiger charge is -2.20. The highest BCUT2D eigenvalue weighted by atomic mass is 79.9. The van der Waals surface area contributed by atoms with E-state index in [1.165, 1.54) is 4.90 Å². The Morgan fingerprint density at radius 1 is 1.27 bits per heavy atom. The Morgan fingerprint density at radius 3 is 2.93 bits per heavy atom. The van der Waals surface area contributed by atoms with Gasteiger partial charge < -0.3 is 10.2 Å². The molecular formula is C19H15BrN6O4. The smallest absolute Gasteiger partial charge is 0.294 e. The molecule has 11 heteroatoms. The number of carbonyl (C=O) groups is 1. The van der Waals surface area contributed by atoms with E-state index in [0.29, 0.717) is 45.9 Å². The molecule has 4 rings (SSSR count). The van der Waals surface area contributed by atoms with Crippen LogP contribution in [0.2, 0.25) is 0 Å². The van der Waals surface area contributed by atoms with Crippen molar-refractivity contribution in [2.45, 2.75) is 6.61 Å². The first-order valence-corrected chi connectivity index (χ1v) is 9.71. The normalized spacial score (nSPS) is 13.2. The number of aromatic nitrogens is 2. The minimum Gasteiger partial charge on any atom is -0.325 e. The molecule has 2 aromatic carbocycles. The molecule has 3 aromatic rings. The maximum atomic E-state index is 13.0. The largest absolute Gasteiger partial charge is 0.325 e. The van der Waals surface area contributed by atoms with Gasteiger partial charge in [0, 0.05) is 24.5 Å². The molecule has 2 heterocycles. The van der Waals surface area contributed by atoms with Gasteiger partial charge in [-0.3, -0.25) is 24.7 Å². The number of benzene rings is 2. The molecule has 10 nitrogen and oxygen atoms in total. The summed E-state index contributed by atoms with van der Waals surface area (Å²) in [6.45, 7) is 0.656. The molecule has 1 aromatic heterocycles. The Morgan fingerprint density at radius 2 is 2.10 bits per heavy atom. The zero-order valence-corrected chi connectivity index (χ0v) is 17.1. The van der Waals surface area contributed by atoms with E-state index in [1.54, 1.807) is 36.7 Å². The summed E-state index contributed by atoms with van der Waals surface area (Å²) in [5.74, 6) is 0.147. The number of carbonyl (C=O) groups excluding carboxylic acids is 1. The predicted molar refractivity (Wildman–Crippen MR) is 112 cm³/mol. The second-order valence-corrected chi connectivity index (χ2v) is 7.13. The van der Waals surface area contributed by atoms with Crippen LogP contribution in [0.25, 0.3) is 11.0 Å². The van der Waals surface area contributed by atoms with Gasteiger partial charge in [-0.15, -0.1) is 10.1 Å². The molecule has 1 aliphatic rings. The fourth-order valence-electron chi connectivity index (χ4n) is 3.05. The lowest BCUT2D eigenvalue weighted by atomic mass is 10.1. The minimum absolute atomic E-state index is 0.224. The standard InChI is InChI=1S/C19H15BrN6O4/c20-16-14(4-5-15-17(16)22-7-6-21-15)24-19-23-8-9-25(19)18(27)13-3-1-2-12(10-13)11-30-26(28)29/h1-7,10H,8-9,11H2,(H,23,24). The van der Waals surface area contributed by atoms with E-state index in [1.807, 2.05) is 12.1 Å². The second-order valence-electron chi connectivity index (χ2n) is 6.34. The van der Waals surface area contributed by atoms with Crippen molar-refractivity contribution in [2.75, 3.05) is 18.4 Å². The third-order valence-electron chi connectivity index (χ3n) is 4.42. The molecule has 152 valence electrons. The molecule has 0 bridgehead atoms. The molecule has 0 unspecified atom stereocenters. The average Bonchev–Trinajstić information content (AvgIpc) is 3.22. The van der Waals surface area contributed by atoms with Gasteiger partial charge in [-0.1, -0.05) is 12.1 Å². The molecule has 0 saturated carbocycles. The number of nitrogens with one attached hydrogen (secondary N) is 1. The molecule has 0 spiro atoms. The van der Waals surface area contributed by atoms with Crippen molar-refractivity contribution < 1.29 is 14.7 Å². The topological polar surface area (TPSA) is 123 Å². The molecule has 1 amide bonds. The zero-order chi connectivity index (χ0) is 21.1. The summed E-state index contributed by atoms with van der Waals surface area (Å²) in [6, 6.07) is 10.2. The number of amides is 1. The molecule has 0 aliphatic carbocycles. The van der Waals surface area contributed by atoms with Crippen molar-refractivity contribution in [3.8, 4) is 0 Å². The maximum absolute atomic E-state index is 13.0. The van der Waals surface area contributed by atoms with Gasteiger partial charge in [-0.2, -0.15) is 0 Å². The van der Waals surface area contributed by atoms with Crippen molar-refractivity contribution in [1.29, 1.82) is 0 Å². The van der Waals surface area contributed by atoms with E-state index in [4.69, 9.17) is 0 Å². The van der Waals surface area contributed by atoms with Crippen LogP contribution in [0.15, 0.2) is 58.3 Å². The molecule has 1 aliphatic heterocycles. The number of hydrogen-bond acceptors (Lipinski definition) is 8. The van der Waals surface area contributed by atoms with Crippen LogP contribution >= 0.6 is 15.9 Å². The van der Waals surface area contributed by atoms with Gasteiger partial charge in [-0.05, 0) is 45.8 Å². The van der Waals surface area contributed by atoms with Gasteiger partial charge in [-0.25, -0.2) is 0 Å². The summed E-state index contributed by atoms with van der Waals surface area (Å²) in [5, 5.41) is 12.7. The van der Waals surface area contributed by atoms with Gasteiger partial charge in [0.2, 0.25) is 5.96 Å². The van der Waals surface area contributed by atoms with Gasteiger partial charge in [0.15, 0.2) is 0 Å². The molecule has 0 saturated heterocycles. The highest BCUT2D eigenvalue weighted by Gasteiger charge is 2.26. The van der Waals surface area contributed by atoms with Crippen LogP contribution in [0.3, 0.4) is 0 Å². The molecule has 0 fully saturated rings. The van der Waals surface area contributed by atoms with Crippen molar-refractivity contribution in [1.82, 2.24) is 14.9 Å². The number of hydrogen-bond donors (Lipinski definition) is 1. The quantitative estimate of drug-likeness (QED) is 0.448. The first kappa shape index (κ1) is 19.7. The number of aliphatic imine (C=N–C) groups is 1. The lowest BCUT2D eigenvalue weighted by Crippen LogP contribution is -2.38. The van der Waals surface area contributed by atoms with Crippen LogP contribution < -0.4 is 5.32 Å². The van der Waals surface area contributed by atoms with Gasteiger partial charge in [0.05, 0.1) is 22.2 Å². The fourth-order valence-corrected chi connectivity index (χ4v) is 3.59. The van der Waals surface area contributed by atoms with E-state index < -0.39 is 5.09 Å². The van der Waals surface area contributed by atoms with Gasteiger partial charge >= 0.3 is 0 Å². The third kappa shape index (κ3) is 4.06. The third-order valence-corrected chi connectivity index (χ3v) is 5.22. The van der Waals surface area contributed by atoms with Gasteiger partial charge in [0.1, 0.15) is 12.1 Å². The Hall–Kier alpha value is -3.60. The van der Waals surface area contributed by atoms with Crippen molar-refractivity contribution in [3.05, 3.63) is 74.5 Å². The zero-order valence-electron chi connectivity index (χ0n) is 15.5. The Balaban J connectivity index is 1.54. The van der Waals surface area contributed by atoms with Crippen LogP contribution in [0, 0.1) is 10.1 Å². The van der Waals surface area contributed by atoms with Gasteiger partial charge in [0.25, 0.3) is 11.0 Å². The summed E-state index contributed by atoms with van der Waals surface area (Å²) in [5.41, 5.74) is 3.05. The fraction of sp³-hybridized carbons (Fsp3) is 0.158. The lowest BCUT2D eigenvalue weighted by molar-refractivity contribution is -0.763. The number of guanidine groups is 1.